The molecule has 1 aromatic carbocycles. The topological polar surface area (TPSA) is 185 Å². The Kier molecular flexibility index (Phi) is 11.8. The molecular formula is C51H57ClN12O6. The highest BCUT2D eigenvalue weighted by atomic mass is 35.5. The number of aliphatic hydroxyl groups excluding tert-OH is 1. The van der Waals surface area contributed by atoms with Gasteiger partial charge in [0, 0.05) is 117 Å². The molecule has 11 rings (SSSR count). The fourth-order valence-corrected chi connectivity index (χ4v) is 11.3. The van der Waals surface area contributed by atoms with Crippen LogP contribution in [0.3, 0.4) is 0 Å². The molecule has 70 heavy (non-hydrogen) atoms. The van der Waals surface area contributed by atoms with Crippen molar-refractivity contribution in [1.29, 1.82) is 0 Å². The molecule has 7 aromatic rings. The second-order valence-corrected chi connectivity index (χ2v) is 20.1. The first-order valence-corrected chi connectivity index (χ1v) is 24.2. The number of hydrogen-bond donors (Lipinski definition) is 2. The number of carbonyl (C=O) groups is 1. The van der Waals surface area contributed by atoms with Gasteiger partial charge in [0.15, 0.2) is 10.9 Å². The summed E-state index contributed by atoms with van der Waals surface area (Å²) < 4.78 is 24.9. The molecule has 2 N–H and O–H groups in total. The summed E-state index contributed by atoms with van der Waals surface area (Å²) in [5.74, 6) is 3.49. The van der Waals surface area contributed by atoms with E-state index in [0.29, 0.717) is 75.3 Å². The number of nitrogens with one attached hydrogen (secondary N) is 1. The quantitative estimate of drug-likeness (QED) is 0.141. The van der Waals surface area contributed by atoms with E-state index in [0.717, 1.165) is 91.8 Å². The van der Waals surface area contributed by atoms with E-state index in [1.165, 1.54) is 4.68 Å². The van der Waals surface area contributed by atoms with E-state index < -0.39 is 11.5 Å². The van der Waals surface area contributed by atoms with Crippen LogP contribution in [-0.4, -0.2) is 159 Å². The first-order valence-electron chi connectivity index (χ1n) is 23.8. The third kappa shape index (κ3) is 8.09. The Hall–Kier alpha value is -6.60. The fraction of sp³-hybridized carbons (Fsp3) is 0.431. The predicted octanol–water partition coefficient (Wildman–Crippen LogP) is 6.98. The Morgan fingerprint density at radius 2 is 1.44 bits per heavy atom. The maximum Gasteiger partial charge on any atom is 0.435 e. The first-order chi connectivity index (χ1) is 33.8. The Labute approximate surface area is 410 Å². The van der Waals surface area contributed by atoms with Gasteiger partial charge in [-0.1, -0.05) is 44.5 Å². The molecule has 4 aliphatic heterocycles. The van der Waals surface area contributed by atoms with Gasteiger partial charge in [0.05, 0.1) is 33.0 Å². The van der Waals surface area contributed by atoms with Crippen LogP contribution in [0.4, 0.5) is 16.4 Å². The van der Waals surface area contributed by atoms with Crippen LogP contribution in [0, 0.1) is 6.92 Å². The summed E-state index contributed by atoms with van der Waals surface area (Å²) in [4.78, 5) is 43.5. The van der Waals surface area contributed by atoms with Crippen molar-refractivity contribution in [3.63, 3.8) is 0 Å². The Morgan fingerprint density at radius 1 is 0.771 bits per heavy atom. The van der Waals surface area contributed by atoms with E-state index in [9.17, 15) is 9.90 Å². The monoisotopic (exact) mass is 968 g/mol. The van der Waals surface area contributed by atoms with Crippen molar-refractivity contribution in [1.82, 2.24) is 49.7 Å². The number of benzene rings is 1. The normalized spacial score (nSPS) is 20.8. The van der Waals surface area contributed by atoms with Crippen LogP contribution in [0.2, 0.25) is 5.15 Å². The van der Waals surface area contributed by atoms with Crippen molar-refractivity contribution in [2.45, 2.75) is 70.2 Å². The van der Waals surface area contributed by atoms with Crippen LogP contribution in [-0.2, 0) is 10.2 Å². The molecule has 0 bridgehead atoms. The second kappa shape index (κ2) is 18.0. The van der Waals surface area contributed by atoms with E-state index in [-0.39, 0.29) is 23.4 Å². The molecule has 18 nitrogen and oxygen atoms in total. The fourth-order valence-electron chi connectivity index (χ4n) is 11.0. The van der Waals surface area contributed by atoms with E-state index >= 15 is 0 Å². The van der Waals surface area contributed by atoms with Crippen LogP contribution >= 0.6 is 11.6 Å². The number of methoxy groups -OCH3 is 3. The predicted molar refractivity (Wildman–Crippen MR) is 267 cm³/mol. The highest BCUT2D eigenvalue weighted by Crippen LogP contribution is 2.44. The van der Waals surface area contributed by atoms with E-state index in [2.05, 4.69) is 29.8 Å². The zero-order valence-corrected chi connectivity index (χ0v) is 41.2. The van der Waals surface area contributed by atoms with Gasteiger partial charge in [-0.15, -0.1) is 0 Å². The number of aromatic amines is 1. The molecule has 6 aromatic heterocycles. The van der Waals surface area contributed by atoms with Crippen molar-refractivity contribution in [3.8, 4) is 51.0 Å². The molecular weight excluding hydrogens is 912 g/mol. The molecule has 364 valence electrons. The van der Waals surface area contributed by atoms with E-state index in [4.69, 9.17) is 55.6 Å². The van der Waals surface area contributed by atoms with E-state index in [1.807, 2.05) is 82.4 Å². The molecule has 0 unspecified atom stereocenters. The summed E-state index contributed by atoms with van der Waals surface area (Å²) in [6.07, 6.45) is 3.78. The Morgan fingerprint density at radius 3 is 2.09 bits per heavy atom. The van der Waals surface area contributed by atoms with Gasteiger partial charge in [0.25, 0.3) is 0 Å². The Bertz CT molecular complexity index is 3120. The minimum atomic E-state index is -0.599. The number of piperazine rings is 2. The van der Waals surface area contributed by atoms with Gasteiger partial charge >= 0.3 is 6.09 Å². The zero-order valence-electron chi connectivity index (χ0n) is 40.4. The number of rotatable bonds is 9. The van der Waals surface area contributed by atoms with Crippen LogP contribution in [0.15, 0.2) is 60.9 Å². The van der Waals surface area contributed by atoms with Crippen LogP contribution in [0.5, 0.6) is 17.2 Å². The number of ether oxygens (including phenoxy) is 4. The molecule has 4 fully saturated rings. The number of halogens is 1. The number of nitrogens with zero attached hydrogens (tertiary/aromatic N) is 11. The number of hydrogen-bond acceptors (Lipinski definition) is 16. The lowest BCUT2D eigenvalue weighted by Gasteiger charge is -2.37. The van der Waals surface area contributed by atoms with Crippen molar-refractivity contribution in [2.75, 3.05) is 83.5 Å². The largest absolute Gasteiger partial charge is 0.496 e. The minimum Gasteiger partial charge on any atom is -0.496 e. The number of aromatic nitrogens is 8. The van der Waals surface area contributed by atoms with Crippen molar-refractivity contribution < 1.29 is 28.8 Å². The number of aliphatic hydroxyl groups is 1. The van der Waals surface area contributed by atoms with Crippen LogP contribution in [0.25, 0.3) is 55.8 Å². The Balaban J connectivity index is 0.815. The second-order valence-electron chi connectivity index (χ2n) is 19.8. The van der Waals surface area contributed by atoms with Gasteiger partial charge in [0.1, 0.15) is 62.9 Å². The molecule has 0 saturated carbocycles. The third-order valence-electron chi connectivity index (χ3n) is 14.5. The third-order valence-corrected chi connectivity index (χ3v) is 14.7. The number of H-pyrrole nitrogens is 1. The molecule has 4 atom stereocenters. The first kappa shape index (κ1) is 45.8. The summed E-state index contributed by atoms with van der Waals surface area (Å²) in [6, 6.07) is 16.3. The average Bonchev–Trinajstić information content (AvgIpc) is 4.15. The number of fused-ring (bicyclic) bond motifs is 4. The molecule has 4 aliphatic rings. The maximum absolute atomic E-state index is 14.5. The summed E-state index contributed by atoms with van der Waals surface area (Å²) in [7, 11) is 4.85. The number of anilines is 2. The van der Waals surface area contributed by atoms with Gasteiger partial charge in [-0.3, -0.25) is 14.9 Å². The van der Waals surface area contributed by atoms with Gasteiger partial charge in [-0.2, -0.15) is 14.9 Å². The summed E-state index contributed by atoms with van der Waals surface area (Å²) in [6.45, 7) is 14.2. The molecule has 4 saturated heterocycles. The SMILES string of the molecule is COc1cc2[nH]nc(-c3ccc(N4CCN5C[C@H](OC(=O)n6nc(-c7ccc(N8CCN9C[C@H](O)C[C@H]9C8)nc7)c7nc(Cl)c(OC)c(C(C)(C)C)c76)C[C@H]5C4)nc3)c2nc1-c1cccc(OC)c1C. The molecule has 10 heterocycles. The lowest BCUT2D eigenvalue weighted by atomic mass is 9.85. The van der Waals surface area contributed by atoms with Gasteiger partial charge < -0.3 is 33.9 Å². The average molecular weight is 970 g/mol. The lowest BCUT2D eigenvalue weighted by Crippen LogP contribution is -2.50. The molecule has 0 aliphatic carbocycles. The summed E-state index contributed by atoms with van der Waals surface area (Å²) in [5.41, 5.74) is 7.84. The summed E-state index contributed by atoms with van der Waals surface area (Å²) >= 11 is 6.84. The van der Waals surface area contributed by atoms with E-state index in [1.54, 1.807) is 27.5 Å². The lowest BCUT2D eigenvalue weighted by molar-refractivity contribution is 0.100. The van der Waals surface area contributed by atoms with Crippen molar-refractivity contribution in [2.24, 2.45) is 0 Å². The number of carbonyl (C=O) groups excluding carboxylic acids is 1. The standard InChI is InChI=1S/C51H57ClN12O6/c1-28-35(9-8-10-37(28)67-5)44-38(68-6)21-36-45(55-44)42(58-57-36)29-11-13-39(53-22-29)63-18-16-61-27-34(20-32(61)25-63)70-50(66)64-47-41(51(2,3)4)48(69-7)49(52)56-46(47)43(59-64)30-12-14-40(54-23-30)62-17-15-60-26-33(65)19-31(60)24-62/h8-14,21-23,31-34,65H,15-20,24-27H2,1-7H3,(H,57,58)/t31-,32-,33+,34+/m0/s1. The summed E-state index contributed by atoms with van der Waals surface area (Å²) in [5, 5.41) is 23.2. The smallest absolute Gasteiger partial charge is 0.435 e. The molecule has 0 spiro atoms. The molecule has 0 radical (unpaired) electrons. The van der Waals surface area contributed by atoms with Crippen molar-refractivity contribution in [3.05, 3.63) is 77.2 Å². The van der Waals surface area contributed by atoms with Gasteiger partial charge in [-0.25, -0.2) is 24.7 Å². The maximum atomic E-state index is 14.5. The number of pyridine rings is 4. The van der Waals surface area contributed by atoms with Crippen molar-refractivity contribution >= 4 is 51.4 Å². The van der Waals surface area contributed by atoms with Gasteiger partial charge in [0.2, 0.25) is 0 Å². The highest BCUT2D eigenvalue weighted by molar-refractivity contribution is 6.31. The molecule has 0 amide bonds. The van der Waals surface area contributed by atoms with Gasteiger partial charge in [-0.05, 0) is 49.1 Å². The minimum absolute atomic E-state index is 0.142. The van der Waals surface area contributed by atoms with Crippen LogP contribution in [0.1, 0.15) is 44.7 Å². The highest BCUT2D eigenvalue weighted by Gasteiger charge is 2.40. The van der Waals surface area contributed by atoms with Crippen LogP contribution < -0.4 is 24.0 Å². The molecule has 19 heteroatoms. The zero-order chi connectivity index (χ0) is 48.6.